The molecule has 0 aliphatic carbocycles. The van der Waals surface area contributed by atoms with Gasteiger partial charge in [0.05, 0.1) is 18.8 Å². The molecule has 1 amide bonds. The van der Waals surface area contributed by atoms with Crippen molar-refractivity contribution in [3.8, 4) is 0 Å². The van der Waals surface area contributed by atoms with E-state index in [4.69, 9.17) is 4.74 Å². The van der Waals surface area contributed by atoms with Crippen LogP contribution >= 0.6 is 0 Å². The highest BCUT2D eigenvalue weighted by atomic mass is 19.3. The molecule has 2 aromatic rings. The summed E-state index contributed by atoms with van der Waals surface area (Å²) in [5, 5.41) is 6.41. The van der Waals surface area contributed by atoms with Gasteiger partial charge in [-0.15, -0.1) is 0 Å². The number of carbonyl (C=O) groups excluding carboxylic acids is 1. The van der Waals surface area contributed by atoms with E-state index in [1.54, 1.807) is 0 Å². The molecule has 2 heterocycles. The molecule has 0 bridgehead atoms. The summed E-state index contributed by atoms with van der Waals surface area (Å²) in [6.07, 6.45) is -1.62. The third-order valence-corrected chi connectivity index (χ3v) is 3.62. The van der Waals surface area contributed by atoms with Crippen molar-refractivity contribution in [1.29, 1.82) is 0 Å². The van der Waals surface area contributed by atoms with E-state index in [9.17, 15) is 18.0 Å². The molecule has 1 aliphatic rings. The zero-order chi connectivity index (χ0) is 16.4. The molecule has 1 aliphatic heterocycles. The number of aromatic amines is 1. The van der Waals surface area contributed by atoms with Gasteiger partial charge in [0.15, 0.2) is 0 Å². The van der Waals surface area contributed by atoms with Crippen LogP contribution in [0.15, 0.2) is 24.5 Å². The van der Waals surface area contributed by atoms with Gasteiger partial charge in [-0.05, 0) is 18.2 Å². The van der Waals surface area contributed by atoms with E-state index in [-0.39, 0.29) is 18.7 Å². The Morgan fingerprint density at radius 1 is 1.43 bits per heavy atom. The number of carbonyl (C=O) groups is 1. The Kier molecular flexibility index (Phi) is 4.28. The third-order valence-electron chi connectivity index (χ3n) is 3.62. The van der Waals surface area contributed by atoms with E-state index in [1.165, 1.54) is 17.3 Å². The molecule has 0 saturated carbocycles. The summed E-state index contributed by atoms with van der Waals surface area (Å²) in [6, 6.07) is 2.46. The van der Waals surface area contributed by atoms with Gasteiger partial charge < -0.3 is 9.64 Å². The predicted octanol–water partition coefficient (Wildman–Crippen LogP) is 2.10. The molecule has 1 unspecified atom stereocenters. The van der Waals surface area contributed by atoms with E-state index in [1.807, 2.05) is 0 Å². The standard InChI is InChI=1S/C14H13F3N4O2/c15-10-5-8(1-2-9(10)12(16)17)14(22)21-3-4-23-6-11(21)13-18-7-19-20-13/h1-2,5,7,11-12H,3-4,6H2,(H,18,19,20). The average molecular weight is 326 g/mol. The number of aromatic nitrogens is 3. The molecule has 1 fully saturated rings. The summed E-state index contributed by atoms with van der Waals surface area (Å²) in [5.41, 5.74) is -0.728. The molecular formula is C14H13F3N4O2. The van der Waals surface area contributed by atoms with Crippen LogP contribution in [0.3, 0.4) is 0 Å². The van der Waals surface area contributed by atoms with E-state index in [2.05, 4.69) is 15.2 Å². The molecule has 23 heavy (non-hydrogen) atoms. The summed E-state index contributed by atoms with van der Waals surface area (Å²) in [7, 11) is 0. The number of rotatable bonds is 3. The summed E-state index contributed by atoms with van der Waals surface area (Å²) in [4.78, 5) is 18.1. The number of alkyl halides is 2. The van der Waals surface area contributed by atoms with Gasteiger partial charge in [-0.1, -0.05) is 0 Å². The maximum atomic E-state index is 13.7. The third kappa shape index (κ3) is 3.04. The highest BCUT2D eigenvalue weighted by molar-refractivity contribution is 5.94. The average Bonchev–Trinajstić information content (AvgIpc) is 3.08. The second kappa shape index (κ2) is 6.37. The lowest BCUT2D eigenvalue weighted by atomic mass is 10.1. The van der Waals surface area contributed by atoms with Crippen molar-refractivity contribution in [3.05, 3.63) is 47.3 Å². The van der Waals surface area contributed by atoms with Crippen LogP contribution < -0.4 is 0 Å². The fraction of sp³-hybridized carbons (Fsp3) is 0.357. The molecule has 3 rings (SSSR count). The molecule has 122 valence electrons. The minimum atomic E-state index is -2.93. The second-order valence-corrected chi connectivity index (χ2v) is 5.00. The van der Waals surface area contributed by atoms with Crippen LogP contribution in [-0.2, 0) is 4.74 Å². The topological polar surface area (TPSA) is 71.1 Å². The van der Waals surface area contributed by atoms with Gasteiger partial charge in [0.2, 0.25) is 0 Å². The molecule has 9 heteroatoms. The van der Waals surface area contributed by atoms with Crippen molar-refractivity contribution in [2.45, 2.75) is 12.5 Å². The van der Waals surface area contributed by atoms with Gasteiger partial charge in [-0.3, -0.25) is 9.89 Å². The lowest BCUT2D eigenvalue weighted by Crippen LogP contribution is -2.43. The van der Waals surface area contributed by atoms with Crippen molar-refractivity contribution in [3.63, 3.8) is 0 Å². The Bertz CT molecular complexity index is 693. The number of hydrogen-bond donors (Lipinski definition) is 1. The SMILES string of the molecule is O=C(c1ccc(C(F)F)c(F)c1)N1CCOCC1c1ncn[nH]1. The Labute approximate surface area is 129 Å². The van der Waals surface area contributed by atoms with Gasteiger partial charge in [0, 0.05) is 12.1 Å². The number of hydrogen-bond acceptors (Lipinski definition) is 4. The number of halogens is 3. The lowest BCUT2D eigenvalue weighted by molar-refractivity contribution is -0.00515. The number of ether oxygens (including phenoxy) is 1. The summed E-state index contributed by atoms with van der Waals surface area (Å²) in [5.74, 6) is -1.13. The zero-order valence-electron chi connectivity index (χ0n) is 11.9. The Morgan fingerprint density at radius 3 is 2.91 bits per heavy atom. The largest absolute Gasteiger partial charge is 0.377 e. The molecule has 1 N–H and O–H groups in total. The van der Waals surface area contributed by atoms with E-state index in [0.29, 0.717) is 12.4 Å². The molecule has 1 atom stereocenters. The van der Waals surface area contributed by atoms with Crippen LogP contribution in [-0.4, -0.2) is 45.7 Å². The molecule has 0 radical (unpaired) electrons. The van der Waals surface area contributed by atoms with E-state index >= 15 is 0 Å². The van der Waals surface area contributed by atoms with Crippen LogP contribution in [0.2, 0.25) is 0 Å². The summed E-state index contributed by atoms with van der Waals surface area (Å²) in [6.45, 7) is 0.828. The smallest absolute Gasteiger partial charge is 0.266 e. The number of nitrogens with zero attached hydrogens (tertiary/aromatic N) is 3. The Balaban J connectivity index is 1.87. The van der Waals surface area contributed by atoms with Crippen LogP contribution in [0.1, 0.15) is 34.2 Å². The molecule has 1 aromatic carbocycles. The maximum absolute atomic E-state index is 13.7. The van der Waals surface area contributed by atoms with Crippen LogP contribution in [0.4, 0.5) is 13.2 Å². The van der Waals surface area contributed by atoms with Gasteiger partial charge in [-0.2, -0.15) is 5.10 Å². The van der Waals surface area contributed by atoms with Crippen molar-refractivity contribution in [2.24, 2.45) is 0 Å². The number of H-pyrrole nitrogens is 1. The van der Waals surface area contributed by atoms with Crippen molar-refractivity contribution in [1.82, 2.24) is 20.1 Å². The number of amides is 1. The molecule has 6 nitrogen and oxygen atoms in total. The van der Waals surface area contributed by atoms with Crippen LogP contribution in [0.25, 0.3) is 0 Å². The molecule has 1 aromatic heterocycles. The van der Waals surface area contributed by atoms with Crippen LogP contribution in [0.5, 0.6) is 0 Å². The fourth-order valence-corrected chi connectivity index (χ4v) is 2.45. The summed E-state index contributed by atoms with van der Waals surface area (Å²) >= 11 is 0. The first-order valence-corrected chi connectivity index (χ1v) is 6.89. The minimum Gasteiger partial charge on any atom is -0.377 e. The minimum absolute atomic E-state index is 0.00156. The van der Waals surface area contributed by atoms with Gasteiger partial charge in [-0.25, -0.2) is 18.2 Å². The monoisotopic (exact) mass is 326 g/mol. The molecule has 0 spiro atoms. The van der Waals surface area contributed by atoms with Crippen molar-refractivity contribution >= 4 is 5.91 Å². The highest BCUT2D eigenvalue weighted by Gasteiger charge is 2.31. The van der Waals surface area contributed by atoms with Crippen LogP contribution in [0, 0.1) is 5.82 Å². The first kappa shape index (κ1) is 15.5. The molecular weight excluding hydrogens is 313 g/mol. The normalized spacial score (nSPS) is 18.4. The maximum Gasteiger partial charge on any atom is 0.266 e. The second-order valence-electron chi connectivity index (χ2n) is 5.00. The molecule has 1 saturated heterocycles. The Morgan fingerprint density at radius 2 is 2.26 bits per heavy atom. The van der Waals surface area contributed by atoms with Crippen molar-refractivity contribution < 1.29 is 22.7 Å². The number of nitrogens with one attached hydrogen (secondary N) is 1. The zero-order valence-corrected chi connectivity index (χ0v) is 11.9. The number of morpholine rings is 1. The lowest BCUT2D eigenvalue weighted by Gasteiger charge is -2.34. The fourth-order valence-electron chi connectivity index (χ4n) is 2.45. The van der Waals surface area contributed by atoms with Gasteiger partial charge in [0.1, 0.15) is 24.0 Å². The summed E-state index contributed by atoms with van der Waals surface area (Å²) < 4.78 is 44.2. The highest BCUT2D eigenvalue weighted by Crippen LogP contribution is 2.26. The first-order chi connectivity index (χ1) is 11.1. The van der Waals surface area contributed by atoms with E-state index < -0.39 is 29.8 Å². The quantitative estimate of drug-likeness (QED) is 0.937. The Hall–Kier alpha value is -2.42. The van der Waals surface area contributed by atoms with Crippen molar-refractivity contribution in [2.75, 3.05) is 19.8 Å². The van der Waals surface area contributed by atoms with E-state index in [0.717, 1.165) is 12.1 Å². The predicted molar refractivity (Wildman–Crippen MR) is 72.3 cm³/mol. The first-order valence-electron chi connectivity index (χ1n) is 6.89. The van der Waals surface area contributed by atoms with Gasteiger partial charge in [0.25, 0.3) is 12.3 Å². The number of benzene rings is 1. The van der Waals surface area contributed by atoms with Gasteiger partial charge >= 0.3 is 0 Å².